The summed E-state index contributed by atoms with van der Waals surface area (Å²) in [6.07, 6.45) is 2.75. The van der Waals surface area contributed by atoms with Crippen molar-refractivity contribution in [2.45, 2.75) is 4.90 Å². The van der Waals surface area contributed by atoms with E-state index < -0.39 is 26.3 Å². The Kier molecular flexibility index (Phi) is 3.95. The van der Waals surface area contributed by atoms with Crippen LogP contribution in [0.25, 0.3) is 0 Å². The van der Waals surface area contributed by atoms with Crippen LogP contribution < -0.4 is 9.47 Å². The number of methoxy groups -OCH3 is 2. The van der Waals surface area contributed by atoms with E-state index in [4.69, 9.17) is 9.47 Å². The molecule has 0 aliphatic heterocycles. The van der Waals surface area contributed by atoms with Crippen molar-refractivity contribution in [3.8, 4) is 11.5 Å². The lowest BCUT2D eigenvalue weighted by molar-refractivity contribution is -0.114. The summed E-state index contributed by atoms with van der Waals surface area (Å²) in [6.45, 7) is 0. The fourth-order valence-corrected chi connectivity index (χ4v) is 3.34. The Morgan fingerprint density at radius 1 is 1.00 bits per heavy atom. The number of ketones is 2. The molecular weight excluding hydrogens is 296 g/mol. The van der Waals surface area contributed by atoms with Gasteiger partial charge >= 0.3 is 0 Å². The third-order valence-corrected chi connectivity index (χ3v) is 4.66. The maximum absolute atomic E-state index is 12.6. The summed E-state index contributed by atoms with van der Waals surface area (Å²) < 4.78 is 35.1. The predicted molar refractivity (Wildman–Crippen MR) is 74.0 cm³/mol. The van der Waals surface area contributed by atoms with Crippen molar-refractivity contribution in [3.63, 3.8) is 0 Å². The second-order valence-electron chi connectivity index (χ2n) is 4.13. The highest BCUT2D eigenvalue weighted by molar-refractivity contribution is 7.96. The van der Waals surface area contributed by atoms with Crippen LogP contribution >= 0.6 is 0 Å². The van der Waals surface area contributed by atoms with E-state index in [1.165, 1.54) is 32.4 Å². The molecule has 1 aliphatic rings. The van der Waals surface area contributed by atoms with Gasteiger partial charge in [0.2, 0.25) is 9.84 Å². The van der Waals surface area contributed by atoms with Gasteiger partial charge in [-0.3, -0.25) is 9.59 Å². The SMILES string of the molecule is COc1ccc(OC)c(S(=O)(=O)C2=CC(=O)C=CC2=O)c1. The standard InChI is InChI=1S/C14H12O6S/c1-19-10-4-6-12(20-2)14(8-10)21(17,18)13-7-9(15)3-5-11(13)16/h3-8H,1-2H3. The van der Waals surface area contributed by atoms with Crippen LogP contribution in [0.3, 0.4) is 0 Å². The molecule has 2 rings (SSSR count). The fourth-order valence-electron chi connectivity index (χ4n) is 1.81. The van der Waals surface area contributed by atoms with Gasteiger partial charge in [-0.05, 0) is 24.3 Å². The van der Waals surface area contributed by atoms with Gasteiger partial charge in [-0.1, -0.05) is 0 Å². The monoisotopic (exact) mass is 308 g/mol. The molecular formula is C14H12O6S. The Morgan fingerprint density at radius 3 is 2.33 bits per heavy atom. The highest BCUT2D eigenvalue weighted by atomic mass is 32.2. The highest BCUT2D eigenvalue weighted by Gasteiger charge is 2.31. The van der Waals surface area contributed by atoms with Crippen LogP contribution in [-0.4, -0.2) is 34.2 Å². The quantitative estimate of drug-likeness (QED) is 0.773. The summed E-state index contributed by atoms with van der Waals surface area (Å²) in [5, 5.41) is 0. The number of hydrogen-bond acceptors (Lipinski definition) is 6. The smallest absolute Gasteiger partial charge is 0.214 e. The van der Waals surface area contributed by atoms with Crippen LogP contribution in [0.5, 0.6) is 11.5 Å². The van der Waals surface area contributed by atoms with Gasteiger partial charge < -0.3 is 9.47 Å². The minimum absolute atomic E-state index is 0.0616. The van der Waals surface area contributed by atoms with Gasteiger partial charge in [-0.2, -0.15) is 0 Å². The molecule has 0 bridgehead atoms. The minimum Gasteiger partial charge on any atom is -0.497 e. The largest absolute Gasteiger partial charge is 0.497 e. The van der Waals surface area contributed by atoms with E-state index in [2.05, 4.69) is 0 Å². The molecule has 0 unspecified atom stereocenters. The third-order valence-electron chi connectivity index (χ3n) is 2.87. The Bertz CT molecular complexity index is 771. The van der Waals surface area contributed by atoms with Crippen molar-refractivity contribution < 1.29 is 27.5 Å². The lowest BCUT2D eigenvalue weighted by atomic mass is 10.2. The summed E-state index contributed by atoms with van der Waals surface area (Å²) in [4.78, 5) is 22.3. The molecule has 1 aromatic carbocycles. The molecule has 0 fully saturated rings. The lowest BCUT2D eigenvalue weighted by Gasteiger charge is -2.13. The van der Waals surface area contributed by atoms with Gasteiger partial charge in [-0.15, -0.1) is 0 Å². The topological polar surface area (TPSA) is 86.7 Å². The van der Waals surface area contributed by atoms with Crippen LogP contribution in [0.2, 0.25) is 0 Å². The van der Waals surface area contributed by atoms with E-state index in [9.17, 15) is 18.0 Å². The fraction of sp³-hybridized carbons (Fsp3) is 0.143. The minimum atomic E-state index is -4.18. The van der Waals surface area contributed by atoms with E-state index in [0.717, 1.165) is 18.2 Å². The first-order valence-electron chi connectivity index (χ1n) is 5.85. The average Bonchev–Trinajstić information content (AvgIpc) is 2.48. The Balaban J connectivity index is 2.64. The molecule has 6 nitrogen and oxygen atoms in total. The molecule has 0 atom stereocenters. The molecule has 0 spiro atoms. The van der Waals surface area contributed by atoms with Crippen molar-refractivity contribution in [1.82, 2.24) is 0 Å². The number of carbonyl (C=O) groups excluding carboxylic acids is 2. The van der Waals surface area contributed by atoms with Crippen LogP contribution in [0.15, 0.2) is 46.2 Å². The maximum Gasteiger partial charge on any atom is 0.214 e. The number of sulfone groups is 1. The predicted octanol–water partition coefficient (Wildman–Crippen LogP) is 1.07. The lowest BCUT2D eigenvalue weighted by Crippen LogP contribution is -2.17. The van der Waals surface area contributed by atoms with Crippen LogP contribution in [0.4, 0.5) is 0 Å². The van der Waals surface area contributed by atoms with Crippen molar-refractivity contribution in [2.75, 3.05) is 14.2 Å². The Hall–Kier alpha value is -2.41. The van der Waals surface area contributed by atoms with Gasteiger partial charge in [0.1, 0.15) is 21.3 Å². The van der Waals surface area contributed by atoms with E-state index in [-0.39, 0.29) is 10.6 Å². The Morgan fingerprint density at radius 2 is 1.71 bits per heavy atom. The van der Waals surface area contributed by atoms with Crippen molar-refractivity contribution in [1.29, 1.82) is 0 Å². The number of rotatable bonds is 4. The molecule has 7 heteroatoms. The summed E-state index contributed by atoms with van der Waals surface area (Å²) in [5.41, 5.74) is 0. The van der Waals surface area contributed by atoms with Crippen LogP contribution in [-0.2, 0) is 19.4 Å². The van der Waals surface area contributed by atoms with E-state index in [1.54, 1.807) is 0 Å². The molecule has 0 radical (unpaired) electrons. The van der Waals surface area contributed by atoms with Crippen molar-refractivity contribution >= 4 is 21.4 Å². The highest BCUT2D eigenvalue weighted by Crippen LogP contribution is 2.33. The molecule has 0 aromatic heterocycles. The molecule has 0 saturated carbocycles. The van der Waals surface area contributed by atoms with Crippen LogP contribution in [0, 0.1) is 0 Å². The summed E-state index contributed by atoms with van der Waals surface area (Å²) in [7, 11) is -1.49. The molecule has 1 aliphatic carbocycles. The van der Waals surface area contributed by atoms with E-state index in [1.807, 2.05) is 0 Å². The van der Waals surface area contributed by atoms with Gasteiger partial charge in [0.25, 0.3) is 0 Å². The molecule has 0 heterocycles. The second kappa shape index (κ2) is 5.53. The summed E-state index contributed by atoms with van der Waals surface area (Å²) >= 11 is 0. The third kappa shape index (κ3) is 2.73. The Labute approximate surface area is 121 Å². The first-order chi connectivity index (χ1) is 9.90. The second-order valence-corrected chi connectivity index (χ2v) is 6.02. The van der Waals surface area contributed by atoms with E-state index >= 15 is 0 Å². The number of carbonyl (C=O) groups is 2. The molecule has 1 aromatic rings. The summed E-state index contributed by atoms with van der Waals surface area (Å²) in [6, 6.07) is 4.18. The average molecular weight is 308 g/mol. The molecule has 21 heavy (non-hydrogen) atoms. The number of ether oxygens (including phenoxy) is 2. The first kappa shape index (κ1) is 15.0. The summed E-state index contributed by atoms with van der Waals surface area (Å²) in [5.74, 6) is -0.957. The number of hydrogen-bond donors (Lipinski definition) is 0. The first-order valence-corrected chi connectivity index (χ1v) is 7.33. The zero-order valence-electron chi connectivity index (χ0n) is 11.3. The van der Waals surface area contributed by atoms with Crippen molar-refractivity contribution in [3.05, 3.63) is 41.3 Å². The number of benzene rings is 1. The van der Waals surface area contributed by atoms with Gasteiger partial charge in [0.15, 0.2) is 11.6 Å². The van der Waals surface area contributed by atoms with Gasteiger partial charge in [-0.25, -0.2) is 8.42 Å². The van der Waals surface area contributed by atoms with Crippen molar-refractivity contribution in [2.24, 2.45) is 0 Å². The zero-order valence-corrected chi connectivity index (χ0v) is 12.1. The van der Waals surface area contributed by atoms with Crippen LogP contribution in [0.1, 0.15) is 0 Å². The van der Waals surface area contributed by atoms with Gasteiger partial charge in [0, 0.05) is 12.1 Å². The molecule has 110 valence electrons. The normalized spacial score (nSPS) is 14.9. The molecule has 0 amide bonds. The molecule has 0 N–H and O–H groups in total. The van der Waals surface area contributed by atoms with E-state index in [0.29, 0.717) is 5.75 Å². The zero-order chi connectivity index (χ0) is 15.6. The number of allylic oxidation sites excluding steroid dienone is 4. The van der Waals surface area contributed by atoms with Gasteiger partial charge in [0.05, 0.1) is 14.2 Å². The molecule has 0 saturated heterocycles. The maximum atomic E-state index is 12.6.